The normalized spacial score (nSPS) is 17.3. The third-order valence-electron chi connectivity index (χ3n) is 6.97. The molecule has 1 saturated carbocycles. The molecular weight excluding hydrogens is 438 g/mol. The number of halogens is 2. The molecule has 2 aliphatic rings. The van der Waals surface area contributed by atoms with E-state index in [4.69, 9.17) is 0 Å². The molecule has 1 aliphatic heterocycles. The van der Waals surface area contributed by atoms with E-state index in [1.165, 1.54) is 30.7 Å². The van der Waals surface area contributed by atoms with Crippen molar-refractivity contribution in [2.24, 2.45) is 11.3 Å². The first-order valence-corrected chi connectivity index (χ1v) is 11.4. The minimum atomic E-state index is -0.799. The minimum absolute atomic E-state index is 0.0492. The highest BCUT2D eigenvalue weighted by molar-refractivity contribution is 5.98. The maximum atomic E-state index is 14.8. The van der Waals surface area contributed by atoms with Crippen molar-refractivity contribution >= 4 is 17.5 Å². The molecule has 8 heteroatoms. The zero-order valence-electron chi connectivity index (χ0n) is 18.5. The number of aromatic nitrogens is 2. The molecule has 1 aliphatic carbocycles. The molecule has 5 rings (SSSR count). The van der Waals surface area contributed by atoms with Crippen molar-refractivity contribution in [3.63, 3.8) is 0 Å². The SMILES string of the molecule is O=C(c1cnccn1)N1CCC(C2(C(=O)Nc3c(F)cc(-c4ccccc4)cc3F)CC2)CC1. The Balaban J connectivity index is 1.26. The summed E-state index contributed by atoms with van der Waals surface area (Å²) in [4.78, 5) is 35.5. The Labute approximate surface area is 196 Å². The van der Waals surface area contributed by atoms with Gasteiger partial charge in [-0.25, -0.2) is 13.8 Å². The molecule has 0 spiro atoms. The summed E-state index contributed by atoms with van der Waals surface area (Å²) in [6.45, 7) is 1.01. The van der Waals surface area contributed by atoms with Crippen molar-refractivity contribution in [1.82, 2.24) is 14.9 Å². The number of likely N-dealkylation sites (tertiary alicyclic amines) is 1. The number of nitrogens with zero attached hydrogens (tertiary/aromatic N) is 3. The van der Waals surface area contributed by atoms with Crippen LogP contribution < -0.4 is 5.32 Å². The van der Waals surface area contributed by atoms with Crippen LogP contribution in [0, 0.1) is 23.0 Å². The molecule has 2 amide bonds. The minimum Gasteiger partial charge on any atom is -0.337 e. The van der Waals surface area contributed by atoms with Gasteiger partial charge in [0.15, 0.2) is 0 Å². The van der Waals surface area contributed by atoms with Crippen molar-refractivity contribution < 1.29 is 18.4 Å². The first kappa shape index (κ1) is 22.1. The second-order valence-corrected chi connectivity index (χ2v) is 8.95. The van der Waals surface area contributed by atoms with Gasteiger partial charge < -0.3 is 10.2 Å². The lowest BCUT2D eigenvalue weighted by atomic mass is 9.80. The molecule has 1 saturated heterocycles. The molecule has 0 bridgehead atoms. The third kappa shape index (κ3) is 4.16. The molecule has 1 aromatic heterocycles. The zero-order chi connectivity index (χ0) is 23.7. The van der Waals surface area contributed by atoms with Crippen molar-refractivity contribution in [2.45, 2.75) is 25.7 Å². The lowest BCUT2D eigenvalue weighted by Gasteiger charge is -2.35. The van der Waals surface area contributed by atoms with Gasteiger partial charge in [0.25, 0.3) is 5.91 Å². The van der Waals surface area contributed by atoms with E-state index < -0.39 is 22.7 Å². The number of carbonyl (C=O) groups excluding carboxylic acids is 2. The van der Waals surface area contributed by atoms with E-state index in [1.54, 1.807) is 29.2 Å². The first-order valence-electron chi connectivity index (χ1n) is 11.4. The van der Waals surface area contributed by atoms with Crippen LogP contribution in [0.1, 0.15) is 36.2 Å². The van der Waals surface area contributed by atoms with Gasteiger partial charge >= 0.3 is 0 Å². The number of piperidine rings is 1. The number of amides is 2. The average Bonchev–Trinajstić information content (AvgIpc) is 3.69. The van der Waals surface area contributed by atoms with Crippen molar-refractivity contribution in [2.75, 3.05) is 18.4 Å². The number of rotatable bonds is 5. The fourth-order valence-electron chi connectivity index (χ4n) is 4.89. The van der Waals surface area contributed by atoms with Gasteiger partial charge in [0.1, 0.15) is 23.0 Å². The fraction of sp³-hybridized carbons (Fsp3) is 0.308. The van der Waals surface area contributed by atoms with Gasteiger partial charge in [-0.2, -0.15) is 0 Å². The van der Waals surface area contributed by atoms with E-state index in [9.17, 15) is 18.4 Å². The molecule has 6 nitrogen and oxygen atoms in total. The Bertz CT molecular complexity index is 1180. The third-order valence-corrected chi connectivity index (χ3v) is 6.97. The summed E-state index contributed by atoms with van der Waals surface area (Å²) < 4.78 is 29.6. The fourth-order valence-corrected chi connectivity index (χ4v) is 4.89. The largest absolute Gasteiger partial charge is 0.337 e. The van der Waals surface area contributed by atoms with Gasteiger partial charge in [-0.05, 0) is 54.9 Å². The van der Waals surface area contributed by atoms with Crippen LogP contribution in [0.25, 0.3) is 11.1 Å². The highest BCUT2D eigenvalue weighted by Gasteiger charge is 2.56. The molecule has 2 fully saturated rings. The van der Waals surface area contributed by atoms with Crippen LogP contribution in [0.15, 0.2) is 61.1 Å². The van der Waals surface area contributed by atoms with Gasteiger partial charge in [-0.1, -0.05) is 30.3 Å². The summed E-state index contributed by atoms with van der Waals surface area (Å²) in [7, 11) is 0. The van der Waals surface area contributed by atoms with E-state index >= 15 is 0 Å². The highest BCUT2D eigenvalue weighted by Crippen LogP contribution is 2.56. The van der Waals surface area contributed by atoms with Gasteiger partial charge in [0.05, 0.1) is 11.6 Å². The standard InChI is InChI=1S/C26H24F2N4O2/c27-20-14-18(17-4-2-1-3-5-17)15-21(28)23(20)31-25(34)26(8-9-26)19-6-12-32(13-7-19)24(33)22-16-29-10-11-30-22/h1-5,10-11,14-16,19H,6-9,12-13H2,(H,31,34). The Morgan fingerprint density at radius 3 is 2.24 bits per heavy atom. The number of nitrogens with one attached hydrogen (secondary N) is 1. The van der Waals surface area contributed by atoms with Crippen molar-refractivity contribution in [3.8, 4) is 11.1 Å². The van der Waals surface area contributed by atoms with Crippen molar-refractivity contribution in [3.05, 3.63) is 78.4 Å². The van der Waals surface area contributed by atoms with Crippen molar-refractivity contribution in [1.29, 1.82) is 0 Å². The summed E-state index contributed by atoms with van der Waals surface area (Å²) in [6, 6.07) is 11.4. The lowest BCUT2D eigenvalue weighted by Crippen LogP contribution is -2.43. The molecule has 0 atom stereocenters. The number of carbonyl (C=O) groups is 2. The van der Waals surface area contributed by atoms with Gasteiger partial charge in [0, 0.05) is 25.5 Å². The molecule has 34 heavy (non-hydrogen) atoms. The number of anilines is 1. The monoisotopic (exact) mass is 462 g/mol. The van der Waals surface area contributed by atoms with Crippen LogP contribution in [-0.2, 0) is 4.79 Å². The van der Waals surface area contributed by atoms with E-state index in [-0.39, 0.29) is 17.7 Å². The summed E-state index contributed by atoms with van der Waals surface area (Å²) in [5.41, 5.74) is 0.351. The maximum absolute atomic E-state index is 14.8. The Kier molecular flexibility index (Phi) is 5.81. The Morgan fingerprint density at radius 2 is 1.65 bits per heavy atom. The molecule has 2 aromatic carbocycles. The molecule has 2 heterocycles. The van der Waals surface area contributed by atoms with Gasteiger partial charge in [-0.15, -0.1) is 0 Å². The van der Waals surface area contributed by atoms with Gasteiger partial charge in [-0.3, -0.25) is 14.6 Å². The van der Waals surface area contributed by atoms with Crippen LogP contribution in [-0.4, -0.2) is 39.8 Å². The topological polar surface area (TPSA) is 75.2 Å². The smallest absolute Gasteiger partial charge is 0.274 e. The van der Waals surface area contributed by atoms with Crippen LogP contribution in [0.2, 0.25) is 0 Å². The maximum Gasteiger partial charge on any atom is 0.274 e. The number of benzene rings is 2. The Morgan fingerprint density at radius 1 is 0.971 bits per heavy atom. The summed E-state index contributed by atoms with van der Waals surface area (Å²) in [6.07, 6.45) is 7.08. The molecule has 174 valence electrons. The van der Waals surface area contributed by atoms with E-state index in [0.717, 1.165) is 0 Å². The first-order chi connectivity index (χ1) is 16.5. The highest BCUT2D eigenvalue weighted by atomic mass is 19.1. The van der Waals surface area contributed by atoms with E-state index in [2.05, 4.69) is 15.3 Å². The van der Waals surface area contributed by atoms with Crippen LogP contribution in [0.3, 0.4) is 0 Å². The Hall–Kier alpha value is -3.68. The summed E-state index contributed by atoms with van der Waals surface area (Å²) in [5, 5.41) is 2.53. The lowest BCUT2D eigenvalue weighted by molar-refractivity contribution is -0.123. The number of hydrogen-bond acceptors (Lipinski definition) is 4. The second-order valence-electron chi connectivity index (χ2n) is 8.95. The zero-order valence-corrected chi connectivity index (χ0v) is 18.5. The van der Waals surface area contributed by atoms with Crippen LogP contribution in [0.4, 0.5) is 14.5 Å². The van der Waals surface area contributed by atoms with Gasteiger partial charge in [0.2, 0.25) is 5.91 Å². The van der Waals surface area contributed by atoms with E-state index in [0.29, 0.717) is 55.6 Å². The number of hydrogen-bond donors (Lipinski definition) is 1. The van der Waals surface area contributed by atoms with E-state index in [1.807, 2.05) is 6.07 Å². The predicted octanol–water partition coefficient (Wildman–Crippen LogP) is 4.69. The second kappa shape index (κ2) is 8.93. The molecular formula is C26H24F2N4O2. The molecule has 0 radical (unpaired) electrons. The molecule has 3 aromatic rings. The quantitative estimate of drug-likeness (QED) is 0.597. The predicted molar refractivity (Wildman–Crippen MR) is 123 cm³/mol. The molecule has 0 unspecified atom stereocenters. The van der Waals surface area contributed by atoms with Crippen LogP contribution >= 0.6 is 0 Å². The summed E-state index contributed by atoms with van der Waals surface area (Å²) >= 11 is 0. The van der Waals surface area contributed by atoms with Crippen LogP contribution in [0.5, 0.6) is 0 Å². The molecule has 1 N–H and O–H groups in total. The average molecular weight is 463 g/mol. The summed E-state index contributed by atoms with van der Waals surface area (Å²) in [5.74, 6) is -2.08.